The summed E-state index contributed by atoms with van der Waals surface area (Å²) >= 11 is 0. The van der Waals surface area contributed by atoms with E-state index in [0.717, 1.165) is 6.20 Å². The summed E-state index contributed by atoms with van der Waals surface area (Å²) in [6.45, 7) is -1.43. The molecule has 2 rings (SSSR count). The van der Waals surface area contributed by atoms with Gasteiger partial charge in [-0.3, -0.25) is 10.1 Å². The SMILES string of the molecule is Cn1cc(NC(=O)O)c2c(=O)n(CC(F)(F)F)ccc21. The van der Waals surface area contributed by atoms with Crippen LogP contribution in [0.25, 0.3) is 10.9 Å². The average molecular weight is 289 g/mol. The number of carboxylic acid groups (broad SMARTS) is 1. The largest absolute Gasteiger partial charge is 0.465 e. The first-order chi connectivity index (χ1) is 9.19. The van der Waals surface area contributed by atoms with Gasteiger partial charge in [-0.15, -0.1) is 0 Å². The first-order valence-corrected chi connectivity index (χ1v) is 5.44. The summed E-state index contributed by atoms with van der Waals surface area (Å²) in [6, 6.07) is 1.33. The zero-order valence-corrected chi connectivity index (χ0v) is 10.2. The van der Waals surface area contributed by atoms with E-state index in [0.29, 0.717) is 10.1 Å². The Hall–Kier alpha value is -2.45. The molecule has 0 saturated carbocycles. The smallest absolute Gasteiger partial charge is 0.409 e. The van der Waals surface area contributed by atoms with Gasteiger partial charge in [0.05, 0.1) is 16.6 Å². The van der Waals surface area contributed by atoms with Crippen LogP contribution in [0.2, 0.25) is 0 Å². The van der Waals surface area contributed by atoms with E-state index >= 15 is 0 Å². The summed E-state index contributed by atoms with van der Waals surface area (Å²) in [7, 11) is 1.56. The lowest BCUT2D eigenvalue weighted by Crippen LogP contribution is -2.28. The van der Waals surface area contributed by atoms with Crippen molar-refractivity contribution in [3.8, 4) is 0 Å². The lowest BCUT2D eigenvalue weighted by Gasteiger charge is -2.09. The van der Waals surface area contributed by atoms with Gasteiger partial charge in [-0.25, -0.2) is 4.79 Å². The van der Waals surface area contributed by atoms with Gasteiger partial charge in [0.15, 0.2) is 0 Å². The Morgan fingerprint density at radius 3 is 2.65 bits per heavy atom. The predicted octanol–water partition coefficient (Wildman–Crippen LogP) is 1.99. The number of nitrogens with one attached hydrogen (secondary N) is 1. The molecule has 0 aromatic carbocycles. The van der Waals surface area contributed by atoms with E-state index in [-0.39, 0.29) is 11.1 Å². The molecule has 2 N–H and O–H groups in total. The van der Waals surface area contributed by atoms with E-state index in [1.807, 2.05) is 5.32 Å². The van der Waals surface area contributed by atoms with Crippen molar-refractivity contribution in [2.45, 2.75) is 12.7 Å². The first kappa shape index (κ1) is 14.0. The van der Waals surface area contributed by atoms with Gasteiger partial charge in [0, 0.05) is 19.4 Å². The van der Waals surface area contributed by atoms with Crippen molar-refractivity contribution < 1.29 is 23.1 Å². The second-order valence-corrected chi connectivity index (χ2v) is 4.21. The molecule has 1 amide bonds. The Labute approximate surface area is 110 Å². The van der Waals surface area contributed by atoms with Crippen LogP contribution in [0.4, 0.5) is 23.7 Å². The fourth-order valence-corrected chi connectivity index (χ4v) is 1.97. The zero-order valence-electron chi connectivity index (χ0n) is 10.2. The average Bonchev–Trinajstić information content (AvgIpc) is 2.57. The molecule has 0 atom stereocenters. The lowest BCUT2D eigenvalue weighted by atomic mass is 10.3. The Morgan fingerprint density at radius 2 is 2.10 bits per heavy atom. The molecule has 108 valence electrons. The van der Waals surface area contributed by atoms with Gasteiger partial charge >= 0.3 is 12.3 Å². The van der Waals surface area contributed by atoms with Gasteiger partial charge in [0.1, 0.15) is 6.54 Å². The number of alkyl halides is 3. The van der Waals surface area contributed by atoms with Gasteiger partial charge in [0.25, 0.3) is 5.56 Å². The standard InChI is InChI=1S/C11H10F3N3O3/c1-16-4-6(15-10(19)20)8-7(16)2-3-17(9(8)18)5-11(12,13)14/h2-4,15H,5H2,1H3,(H,19,20). The van der Waals surface area contributed by atoms with E-state index in [9.17, 15) is 22.8 Å². The van der Waals surface area contributed by atoms with Gasteiger partial charge in [-0.05, 0) is 6.07 Å². The van der Waals surface area contributed by atoms with Crippen molar-refractivity contribution in [3.05, 3.63) is 28.8 Å². The second-order valence-electron chi connectivity index (χ2n) is 4.21. The van der Waals surface area contributed by atoms with Crippen LogP contribution in [0.3, 0.4) is 0 Å². The number of nitrogens with zero attached hydrogens (tertiary/aromatic N) is 2. The van der Waals surface area contributed by atoms with Crippen molar-refractivity contribution in [2.24, 2.45) is 7.05 Å². The number of aromatic nitrogens is 2. The molecular weight excluding hydrogens is 279 g/mol. The summed E-state index contributed by atoms with van der Waals surface area (Å²) in [5.74, 6) is 0. The van der Waals surface area contributed by atoms with Crippen LogP contribution in [0.5, 0.6) is 0 Å². The van der Waals surface area contributed by atoms with E-state index in [1.165, 1.54) is 16.8 Å². The molecule has 0 unspecified atom stereocenters. The Balaban J connectivity index is 2.64. The molecule has 0 spiro atoms. The minimum absolute atomic E-state index is 0.0449. The molecule has 2 heterocycles. The number of rotatable bonds is 2. The van der Waals surface area contributed by atoms with E-state index in [1.54, 1.807) is 7.05 Å². The van der Waals surface area contributed by atoms with Crippen molar-refractivity contribution in [1.82, 2.24) is 9.13 Å². The molecule has 20 heavy (non-hydrogen) atoms. The molecule has 2 aromatic heterocycles. The Kier molecular flexibility index (Phi) is 3.20. The fourth-order valence-electron chi connectivity index (χ4n) is 1.97. The summed E-state index contributed by atoms with van der Waals surface area (Å²) in [5, 5.41) is 10.6. The number of hydrogen-bond acceptors (Lipinski definition) is 2. The van der Waals surface area contributed by atoms with Gasteiger partial charge < -0.3 is 14.2 Å². The molecule has 0 aliphatic rings. The number of halogens is 3. The second kappa shape index (κ2) is 4.58. The van der Waals surface area contributed by atoms with Gasteiger partial charge in [-0.2, -0.15) is 13.2 Å². The number of carbonyl (C=O) groups is 1. The topological polar surface area (TPSA) is 76.3 Å². The number of aryl methyl sites for hydroxylation is 1. The Morgan fingerprint density at radius 1 is 1.45 bits per heavy atom. The van der Waals surface area contributed by atoms with Crippen molar-refractivity contribution in [2.75, 3.05) is 5.32 Å². The minimum atomic E-state index is -4.54. The van der Waals surface area contributed by atoms with Crippen molar-refractivity contribution in [3.63, 3.8) is 0 Å². The van der Waals surface area contributed by atoms with Crippen molar-refractivity contribution >= 4 is 22.7 Å². The highest BCUT2D eigenvalue weighted by atomic mass is 19.4. The number of anilines is 1. The molecule has 2 aromatic rings. The summed E-state index contributed by atoms with van der Waals surface area (Å²) in [6.07, 6.45) is -3.57. The van der Waals surface area contributed by atoms with Crippen molar-refractivity contribution in [1.29, 1.82) is 0 Å². The third kappa shape index (κ3) is 2.60. The molecule has 9 heteroatoms. The Bertz CT molecular complexity index is 730. The highest BCUT2D eigenvalue weighted by Crippen LogP contribution is 2.23. The maximum Gasteiger partial charge on any atom is 0.409 e. The van der Waals surface area contributed by atoms with Gasteiger partial charge in [-0.1, -0.05) is 0 Å². The van der Waals surface area contributed by atoms with Crippen LogP contribution in [0, 0.1) is 0 Å². The highest BCUT2D eigenvalue weighted by molar-refractivity contribution is 5.98. The van der Waals surface area contributed by atoms with Gasteiger partial charge in [0.2, 0.25) is 0 Å². The molecule has 0 radical (unpaired) electrons. The molecular formula is C11H10F3N3O3. The van der Waals surface area contributed by atoms with Crippen LogP contribution in [0.1, 0.15) is 0 Å². The normalized spacial score (nSPS) is 11.8. The van der Waals surface area contributed by atoms with Crippen LogP contribution >= 0.6 is 0 Å². The third-order valence-electron chi connectivity index (χ3n) is 2.71. The van der Waals surface area contributed by atoms with Crippen LogP contribution in [0.15, 0.2) is 23.3 Å². The van der Waals surface area contributed by atoms with Crippen LogP contribution in [-0.4, -0.2) is 26.5 Å². The number of fused-ring (bicyclic) bond motifs is 1. The summed E-state index contributed by atoms with van der Waals surface area (Å²) in [5.41, 5.74) is -0.599. The quantitative estimate of drug-likeness (QED) is 0.887. The number of amides is 1. The summed E-state index contributed by atoms with van der Waals surface area (Å²) in [4.78, 5) is 22.7. The number of hydrogen-bond donors (Lipinski definition) is 2. The zero-order chi connectivity index (χ0) is 15.1. The molecule has 0 bridgehead atoms. The van der Waals surface area contributed by atoms with Crippen LogP contribution in [-0.2, 0) is 13.6 Å². The number of pyridine rings is 1. The van der Waals surface area contributed by atoms with E-state index < -0.39 is 24.4 Å². The van der Waals surface area contributed by atoms with E-state index in [2.05, 4.69) is 0 Å². The highest BCUT2D eigenvalue weighted by Gasteiger charge is 2.29. The molecule has 0 aliphatic carbocycles. The minimum Gasteiger partial charge on any atom is -0.465 e. The summed E-state index contributed by atoms with van der Waals surface area (Å²) < 4.78 is 39.0. The monoisotopic (exact) mass is 289 g/mol. The maximum absolute atomic E-state index is 12.4. The molecule has 0 aliphatic heterocycles. The predicted molar refractivity (Wildman–Crippen MR) is 64.9 cm³/mol. The van der Waals surface area contributed by atoms with Crippen LogP contribution < -0.4 is 10.9 Å². The van der Waals surface area contributed by atoms with E-state index in [4.69, 9.17) is 5.11 Å². The lowest BCUT2D eigenvalue weighted by molar-refractivity contribution is -0.141. The maximum atomic E-state index is 12.4. The molecule has 0 saturated heterocycles. The molecule has 6 nitrogen and oxygen atoms in total. The third-order valence-corrected chi connectivity index (χ3v) is 2.71. The molecule has 0 fully saturated rings. The fraction of sp³-hybridized carbons (Fsp3) is 0.273. The first-order valence-electron chi connectivity index (χ1n) is 5.44.